The van der Waals surface area contributed by atoms with E-state index in [4.69, 9.17) is 14.7 Å². The van der Waals surface area contributed by atoms with Gasteiger partial charge >= 0.3 is 17.9 Å². The van der Waals surface area contributed by atoms with E-state index in [1.165, 1.54) is 0 Å². The lowest BCUT2D eigenvalue weighted by molar-refractivity contribution is -0.138. The van der Waals surface area contributed by atoms with Crippen molar-refractivity contribution in [2.75, 3.05) is 6.61 Å². The van der Waals surface area contributed by atoms with Gasteiger partial charge in [-0.3, -0.25) is 14.6 Å². The Hall–Kier alpha value is -4.77. The van der Waals surface area contributed by atoms with Crippen LogP contribution >= 0.6 is 0 Å². The fourth-order valence-corrected chi connectivity index (χ4v) is 7.12. The molecular weight excluding hydrogens is 600 g/mol. The molecule has 0 aliphatic carbocycles. The molecule has 0 saturated carbocycles. The summed E-state index contributed by atoms with van der Waals surface area (Å²) >= 11 is 0. The number of aromatic nitrogens is 4. The number of rotatable bonds is 10. The minimum absolute atomic E-state index is 0.0475. The van der Waals surface area contributed by atoms with Crippen molar-refractivity contribution in [2.24, 2.45) is 0 Å². The van der Waals surface area contributed by atoms with Gasteiger partial charge in [0.15, 0.2) is 0 Å². The third-order valence-corrected chi connectivity index (χ3v) is 9.57. The second-order valence-corrected chi connectivity index (χ2v) is 12.4. The zero-order valence-corrected chi connectivity index (χ0v) is 27.9. The van der Waals surface area contributed by atoms with Gasteiger partial charge in [-0.15, -0.1) is 0 Å². The number of aliphatic carboxylic acids is 2. The molecule has 2 aliphatic rings. The lowest BCUT2D eigenvalue weighted by Crippen LogP contribution is -2.11. The third kappa shape index (κ3) is 6.19. The van der Waals surface area contributed by atoms with Gasteiger partial charge in [-0.2, -0.15) is 0 Å². The zero-order valence-electron chi connectivity index (χ0n) is 27.9. The molecule has 248 valence electrons. The molecule has 3 aromatic heterocycles. The van der Waals surface area contributed by atoms with Crippen LogP contribution in [0.2, 0.25) is 0 Å². The van der Waals surface area contributed by atoms with Crippen LogP contribution in [0.4, 0.5) is 0 Å². The van der Waals surface area contributed by atoms with Crippen LogP contribution in [0.3, 0.4) is 0 Å². The quantitative estimate of drug-likeness (QED) is 0.150. The molecule has 47 heavy (non-hydrogen) atoms. The van der Waals surface area contributed by atoms with Gasteiger partial charge in [0.25, 0.3) is 0 Å². The fraction of sp³-hybridized carbons (Fsp3) is 0.417. The van der Waals surface area contributed by atoms with E-state index in [9.17, 15) is 29.7 Å². The Balaban J connectivity index is 2.03. The maximum Gasteiger partial charge on any atom is 0.338 e. The molecule has 0 spiro atoms. The average molecular weight is 643 g/mol. The van der Waals surface area contributed by atoms with Gasteiger partial charge in [-0.25, -0.2) is 9.78 Å². The van der Waals surface area contributed by atoms with Gasteiger partial charge in [0.05, 0.1) is 40.7 Å². The number of carboxylic acids is 3. The number of H-pyrrole nitrogens is 2. The number of aryl methyl sites for hydroxylation is 2. The number of nitrogens with zero attached hydrogens (tertiary/aromatic N) is 2. The highest BCUT2D eigenvalue weighted by atomic mass is 16.5. The number of nitrogens with one attached hydrogen (secondary N) is 2. The van der Waals surface area contributed by atoms with Crippen LogP contribution in [-0.2, 0) is 20.7 Å². The summed E-state index contributed by atoms with van der Waals surface area (Å²) in [7, 11) is 0. The van der Waals surface area contributed by atoms with Crippen molar-refractivity contribution in [3.8, 4) is 0 Å². The van der Waals surface area contributed by atoms with Crippen molar-refractivity contribution in [3.05, 3.63) is 68.8 Å². The second kappa shape index (κ2) is 13.2. The molecule has 5 rings (SSSR count). The first-order valence-electron chi connectivity index (χ1n) is 16.0. The molecule has 2 aliphatic heterocycles. The SMILES string of the molecule is CCOC(C)c1c(C)c2cc3nc(c(CC(=O)O)c4[nH]c(cc5nc(cc1[nH]2)C(C)=C5CC)c(C)c4C(=O)O)[C@@H](CCC(=O)O)[C@@H]3C. The molecule has 1 unspecified atom stereocenters. The summed E-state index contributed by atoms with van der Waals surface area (Å²) in [6, 6.07) is 5.77. The number of hydrogen-bond acceptors (Lipinski definition) is 6. The van der Waals surface area contributed by atoms with Gasteiger partial charge in [0.2, 0.25) is 0 Å². The summed E-state index contributed by atoms with van der Waals surface area (Å²) < 4.78 is 6.05. The normalized spacial score (nSPS) is 16.8. The lowest BCUT2D eigenvalue weighted by atomic mass is 9.85. The number of aromatic amines is 2. The molecule has 3 aromatic rings. The Morgan fingerprint density at radius 3 is 2.21 bits per heavy atom. The molecule has 3 atom stereocenters. The summed E-state index contributed by atoms with van der Waals surface area (Å²) in [5.74, 6) is -4.09. The molecule has 11 heteroatoms. The van der Waals surface area contributed by atoms with Crippen LogP contribution < -0.4 is 0 Å². The standard InChI is InChI=1S/C36H42N4O7/c1-8-21-16(3)24-15-29-32(20(7)47-9-2)18(5)26(38-29)13-25-17(4)22(10-11-30(41)42)34(39-25)23(12-31(43)44)35-33(36(45)46)19(6)27(40-35)14-28(21)37-24/h13-15,17,20,22,38,40H,8-12H2,1-7H3,(H,41,42)(H,43,44)(H,45,46)/t17-,20?,22-/m0/s1. The summed E-state index contributed by atoms with van der Waals surface area (Å²) in [6.45, 7) is 14.2. The highest BCUT2D eigenvalue weighted by Gasteiger charge is 2.33. The van der Waals surface area contributed by atoms with Gasteiger partial charge in [-0.1, -0.05) is 13.8 Å². The van der Waals surface area contributed by atoms with Gasteiger partial charge < -0.3 is 30.0 Å². The minimum Gasteiger partial charge on any atom is -0.481 e. The minimum atomic E-state index is -1.21. The summed E-state index contributed by atoms with van der Waals surface area (Å²) in [5.41, 5.74) is 9.36. The van der Waals surface area contributed by atoms with Crippen LogP contribution in [0.25, 0.3) is 33.2 Å². The highest BCUT2D eigenvalue weighted by molar-refractivity contribution is 6.02. The van der Waals surface area contributed by atoms with E-state index >= 15 is 0 Å². The molecule has 0 fully saturated rings. The van der Waals surface area contributed by atoms with Crippen molar-refractivity contribution >= 4 is 51.1 Å². The Kier molecular flexibility index (Phi) is 9.40. The maximum atomic E-state index is 12.8. The van der Waals surface area contributed by atoms with Gasteiger partial charge in [0, 0.05) is 58.2 Å². The molecule has 0 radical (unpaired) electrons. The number of carboxylic acid groups (broad SMARTS) is 3. The largest absolute Gasteiger partial charge is 0.481 e. The molecule has 5 heterocycles. The van der Waals surface area contributed by atoms with E-state index in [1.54, 1.807) is 6.92 Å². The summed E-state index contributed by atoms with van der Waals surface area (Å²) in [5, 5.41) is 30.1. The van der Waals surface area contributed by atoms with Gasteiger partial charge in [-0.05, 0) is 87.9 Å². The number of carbonyl (C=O) groups is 3. The van der Waals surface area contributed by atoms with Crippen molar-refractivity contribution in [1.82, 2.24) is 19.9 Å². The molecule has 11 nitrogen and oxygen atoms in total. The van der Waals surface area contributed by atoms with Gasteiger partial charge in [0.1, 0.15) is 0 Å². The van der Waals surface area contributed by atoms with Crippen LogP contribution in [0.1, 0.15) is 127 Å². The van der Waals surface area contributed by atoms with E-state index in [2.05, 4.69) is 9.97 Å². The summed E-state index contributed by atoms with van der Waals surface area (Å²) in [4.78, 5) is 53.6. The molecular formula is C36H42N4O7. The molecule has 0 amide bonds. The molecule has 5 N–H and O–H groups in total. The van der Waals surface area contributed by atoms with Crippen LogP contribution in [-0.4, -0.2) is 59.8 Å². The summed E-state index contributed by atoms with van der Waals surface area (Å²) in [6.07, 6.45) is 0.00632. The van der Waals surface area contributed by atoms with Crippen molar-refractivity contribution in [3.63, 3.8) is 0 Å². The number of hydrogen-bond donors (Lipinski definition) is 5. The van der Waals surface area contributed by atoms with Crippen molar-refractivity contribution in [2.45, 2.75) is 92.1 Å². The lowest BCUT2D eigenvalue weighted by Gasteiger charge is -2.17. The molecule has 0 aromatic carbocycles. The second-order valence-electron chi connectivity index (χ2n) is 12.4. The zero-order chi connectivity index (χ0) is 34.3. The molecule has 8 bridgehead atoms. The van der Waals surface area contributed by atoms with Crippen LogP contribution in [0.15, 0.2) is 18.2 Å². The Labute approximate surface area is 272 Å². The predicted octanol–water partition coefficient (Wildman–Crippen LogP) is 7.45. The smallest absolute Gasteiger partial charge is 0.338 e. The Morgan fingerprint density at radius 1 is 0.915 bits per heavy atom. The number of aromatic carboxylic acids is 1. The number of fused-ring (bicyclic) bond motifs is 8. The predicted molar refractivity (Wildman–Crippen MR) is 180 cm³/mol. The van der Waals surface area contributed by atoms with Crippen molar-refractivity contribution < 1.29 is 34.4 Å². The van der Waals surface area contributed by atoms with Crippen LogP contribution in [0.5, 0.6) is 0 Å². The first-order valence-corrected chi connectivity index (χ1v) is 16.0. The van der Waals surface area contributed by atoms with E-state index in [-0.39, 0.29) is 41.5 Å². The average Bonchev–Trinajstić information content (AvgIpc) is 3.68. The van der Waals surface area contributed by atoms with Crippen LogP contribution in [0, 0.1) is 13.8 Å². The van der Waals surface area contributed by atoms with E-state index < -0.39 is 30.2 Å². The van der Waals surface area contributed by atoms with Crippen molar-refractivity contribution in [1.29, 1.82) is 0 Å². The monoisotopic (exact) mass is 642 g/mol. The maximum absolute atomic E-state index is 12.8. The fourth-order valence-electron chi connectivity index (χ4n) is 7.12. The number of ether oxygens (including phenoxy) is 1. The third-order valence-electron chi connectivity index (χ3n) is 9.57. The van der Waals surface area contributed by atoms with E-state index in [0.29, 0.717) is 41.2 Å². The first kappa shape index (κ1) is 33.6. The molecule has 0 saturated heterocycles. The number of allylic oxidation sites excluding steroid dienone is 2. The first-order chi connectivity index (χ1) is 22.3. The Bertz CT molecular complexity index is 1980. The van der Waals surface area contributed by atoms with E-state index in [1.807, 2.05) is 59.7 Å². The Morgan fingerprint density at radius 2 is 1.60 bits per heavy atom. The topological polar surface area (TPSA) is 178 Å². The highest BCUT2D eigenvalue weighted by Crippen LogP contribution is 2.43. The van der Waals surface area contributed by atoms with E-state index in [0.717, 1.165) is 39.0 Å².